The summed E-state index contributed by atoms with van der Waals surface area (Å²) in [6.45, 7) is 2.34. The van der Waals surface area contributed by atoms with Gasteiger partial charge < -0.3 is 5.73 Å². The summed E-state index contributed by atoms with van der Waals surface area (Å²) in [5, 5.41) is 0.479. The van der Waals surface area contributed by atoms with Gasteiger partial charge in [-0.15, -0.1) is 12.4 Å². The van der Waals surface area contributed by atoms with Gasteiger partial charge in [0.05, 0.1) is 4.90 Å². The third kappa shape index (κ3) is 5.87. The van der Waals surface area contributed by atoms with Gasteiger partial charge in [-0.2, -0.15) is 0 Å². The fourth-order valence-electron chi connectivity index (χ4n) is 1.65. The minimum absolute atomic E-state index is 0. The molecule has 1 aromatic rings. The molecule has 0 amide bonds. The van der Waals surface area contributed by atoms with Gasteiger partial charge in [0.15, 0.2) is 0 Å². The van der Waals surface area contributed by atoms with Gasteiger partial charge in [0, 0.05) is 22.1 Å². The van der Waals surface area contributed by atoms with Crippen molar-refractivity contribution < 1.29 is 8.42 Å². The predicted molar refractivity (Wildman–Crippen MR) is 89.1 cm³/mol. The molecule has 1 atom stereocenters. The zero-order chi connectivity index (χ0) is 14.5. The molecule has 0 saturated carbocycles. The van der Waals surface area contributed by atoms with Crippen LogP contribution in [0.15, 0.2) is 27.6 Å². The molecular formula is C12H19BrCl2N2O2S. The van der Waals surface area contributed by atoms with Crippen molar-refractivity contribution in [3.05, 3.63) is 27.7 Å². The Bertz CT molecular complexity index is 526. The number of sulfonamides is 1. The average molecular weight is 406 g/mol. The highest BCUT2D eigenvalue weighted by Gasteiger charge is 2.21. The van der Waals surface area contributed by atoms with E-state index in [2.05, 4.69) is 27.6 Å². The molecule has 0 aliphatic rings. The van der Waals surface area contributed by atoms with Crippen molar-refractivity contribution in [2.24, 2.45) is 5.73 Å². The Labute approximate surface area is 140 Å². The number of rotatable bonds is 7. The Kier molecular flexibility index (Phi) is 9.29. The molecule has 0 aliphatic heterocycles. The molecule has 0 aromatic heterocycles. The van der Waals surface area contributed by atoms with Crippen molar-refractivity contribution in [3.8, 4) is 0 Å². The second-order valence-electron chi connectivity index (χ2n) is 4.27. The largest absolute Gasteiger partial charge is 0.329 e. The van der Waals surface area contributed by atoms with Crippen molar-refractivity contribution in [2.45, 2.75) is 37.1 Å². The summed E-state index contributed by atoms with van der Waals surface area (Å²) in [4.78, 5) is 0.173. The fourth-order valence-corrected chi connectivity index (χ4v) is 4.32. The Hall–Kier alpha value is 0.150. The summed E-state index contributed by atoms with van der Waals surface area (Å²) < 4.78 is 27.6. The molecule has 1 rings (SSSR count). The lowest BCUT2D eigenvalue weighted by Gasteiger charge is -2.17. The van der Waals surface area contributed by atoms with E-state index in [-0.39, 0.29) is 29.9 Å². The minimum atomic E-state index is -3.58. The normalized spacial score (nSPS) is 12.8. The van der Waals surface area contributed by atoms with Crippen molar-refractivity contribution in [1.82, 2.24) is 4.72 Å². The van der Waals surface area contributed by atoms with E-state index in [1.54, 1.807) is 12.1 Å². The number of unbranched alkanes of at least 4 members (excludes halogenated alkanes) is 1. The molecule has 0 aliphatic carbocycles. The maximum absolute atomic E-state index is 12.3. The summed E-state index contributed by atoms with van der Waals surface area (Å²) in [6.07, 6.45) is 2.67. The van der Waals surface area contributed by atoms with Gasteiger partial charge in [0.25, 0.3) is 0 Å². The van der Waals surface area contributed by atoms with Gasteiger partial charge in [-0.1, -0.05) is 31.4 Å². The highest BCUT2D eigenvalue weighted by atomic mass is 79.9. The first-order valence-corrected chi connectivity index (χ1v) is 8.73. The Morgan fingerprint density at radius 1 is 1.45 bits per heavy atom. The van der Waals surface area contributed by atoms with E-state index in [0.29, 0.717) is 9.50 Å². The summed E-state index contributed by atoms with van der Waals surface area (Å²) in [7, 11) is -3.58. The van der Waals surface area contributed by atoms with Crippen LogP contribution in [0.1, 0.15) is 26.2 Å². The molecule has 4 nitrogen and oxygen atoms in total. The number of benzene rings is 1. The SMILES string of the molecule is CCCCC(CN)NS(=O)(=O)c1ccc(Cl)cc1Br.Cl. The summed E-state index contributed by atoms with van der Waals surface area (Å²) in [6, 6.07) is 4.33. The highest BCUT2D eigenvalue weighted by molar-refractivity contribution is 9.10. The first-order valence-electron chi connectivity index (χ1n) is 6.08. The molecule has 0 radical (unpaired) electrons. The van der Waals surface area contributed by atoms with E-state index in [1.807, 2.05) is 0 Å². The standard InChI is InChI=1S/C12H18BrClN2O2S.ClH/c1-2-3-4-10(8-15)16-19(17,18)12-6-5-9(14)7-11(12)13;/h5-7,10,16H,2-4,8,15H2,1H3;1H. The molecule has 0 spiro atoms. The molecule has 8 heteroatoms. The maximum Gasteiger partial charge on any atom is 0.241 e. The second kappa shape index (κ2) is 9.23. The van der Waals surface area contributed by atoms with Crippen LogP contribution in [0.25, 0.3) is 0 Å². The smallest absolute Gasteiger partial charge is 0.241 e. The van der Waals surface area contributed by atoms with Crippen molar-refractivity contribution in [3.63, 3.8) is 0 Å². The van der Waals surface area contributed by atoms with Crippen LogP contribution < -0.4 is 10.5 Å². The lowest BCUT2D eigenvalue weighted by atomic mass is 10.1. The summed E-state index contributed by atoms with van der Waals surface area (Å²) >= 11 is 9.02. The quantitative estimate of drug-likeness (QED) is 0.730. The van der Waals surface area contributed by atoms with E-state index < -0.39 is 10.0 Å². The molecule has 0 saturated heterocycles. The predicted octanol–water partition coefficient (Wildman–Crippen LogP) is 3.32. The zero-order valence-corrected chi connectivity index (χ0v) is 15.1. The topological polar surface area (TPSA) is 72.2 Å². The van der Waals surface area contributed by atoms with Crippen LogP contribution in [0, 0.1) is 0 Å². The van der Waals surface area contributed by atoms with Crippen LogP contribution in [0.2, 0.25) is 5.02 Å². The van der Waals surface area contributed by atoms with Crippen molar-refractivity contribution in [1.29, 1.82) is 0 Å². The molecule has 3 N–H and O–H groups in total. The number of hydrogen-bond acceptors (Lipinski definition) is 3. The van der Waals surface area contributed by atoms with E-state index in [1.165, 1.54) is 6.07 Å². The summed E-state index contributed by atoms with van der Waals surface area (Å²) in [5.41, 5.74) is 5.60. The van der Waals surface area contributed by atoms with E-state index in [0.717, 1.165) is 19.3 Å². The number of halogens is 3. The lowest BCUT2D eigenvalue weighted by molar-refractivity contribution is 0.516. The third-order valence-electron chi connectivity index (χ3n) is 2.70. The minimum Gasteiger partial charge on any atom is -0.329 e. The van der Waals surface area contributed by atoms with Crippen LogP contribution in [-0.4, -0.2) is 21.0 Å². The van der Waals surface area contributed by atoms with Crippen LogP contribution >= 0.6 is 39.9 Å². The van der Waals surface area contributed by atoms with Gasteiger partial charge in [0.1, 0.15) is 0 Å². The monoisotopic (exact) mass is 404 g/mol. The maximum atomic E-state index is 12.3. The van der Waals surface area contributed by atoms with Crippen molar-refractivity contribution >= 4 is 50.0 Å². The number of hydrogen-bond donors (Lipinski definition) is 2. The van der Waals surface area contributed by atoms with Gasteiger partial charge in [-0.05, 0) is 40.5 Å². The Balaban J connectivity index is 0.00000361. The van der Waals surface area contributed by atoms with Gasteiger partial charge in [-0.3, -0.25) is 0 Å². The van der Waals surface area contributed by atoms with Crippen LogP contribution in [0.4, 0.5) is 0 Å². The lowest BCUT2D eigenvalue weighted by Crippen LogP contribution is -2.40. The fraction of sp³-hybridized carbons (Fsp3) is 0.500. The molecule has 1 aromatic carbocycles. The molecule has 0 bridgehead atoms. The molecular weight excluding hydrogens is 387 g/mol. The average Bonchev–Trinajstić information content (AvgIpc) is 2.33. The molecule has 0 heterocycles. The van der Waals surface area contributed by atoms with Crippen LogP contribution in [0.5, 0.6) is 0 Å². The Morgan fingerprint density at radius 3 is 2.60 bits per heavy atom. The second-order valence-corrected chi connectivity index (χ2v) is 7.24. The van der Waals surface area contributed by atoms with Crippen LogP contribution in [-0.2, 0) is 10.0 Å². The number of nitrogens with one attached hydrogen (secondary N) is 1. The molecule has 116 valence electrons. The first-order chi connectivity index (χ1) is 8.90. The zero-order valence-electron chi connectivity index (χ0n) is 11.1. The number of nitrogens with two attached hydrogens (primary N) is 1. The van der Waals surface area contributed by atoms with E-state index >= 15 is 0 Å². The highest BCUT2D eigenvalue weighted by Crippen LogP contribution is 2.25. The first kappa shape index (κ1) is 20.1. The van der Waals surface area contributed by atoms with Gasteiger partial charge in [-0.25, -0.2) is 13.1 Å². The molecule has 0 fully saturated rings. The van der Waals surface area contributed by atoms with E-state index in [4.69, 9.17) is 17.3 Å². The van der Waals surface area contributed by atoms with E-state index in [9.17, 15) is 8.42 Å². The van der Waals surface area contributed by atoms with Gasteiger partial charge in [0.2, 0.25) is 10.0 Å². The third-order valence-corrected chi connectivity index (χ3v) is 5.43. The van der Waals surface area contributed by atoms with Gasteiger partial charge >= 0.3 is 0 Å². The van der Waals surface area contributed by atoms with Crippen LogP contribution in [0.3, 0.4) is 0 Å². The summed E-state index contributed by atoms with van der Waals surface area (Å²) in [5.74, 6) is 0. The molecule has 20 heavy (non-hydrogen) atoms. The molecule has 1 unspecified atom stereocenters. The Morgan fingerprint density at radius 2 is 2.10 bits per heavy atom. The van der Waals surface area contributed by atoms with Crippen molar-refractivity contribution in [2.75, 3.05) is 6.54 Å².